The number of ether oxygens (including phenoxy) is 1. The molecule has 1 aromatic heterocycles. The summed E-state index contributed by atoms with van der Waals surface area (Å²) in [4.78, 5) is 4.33. The molecule has 2 rings (SSSR count). The molecular weight excluding hydrogens is 266 g/mol. The Morgan fingerprint density at radius 1 is 1.53 bits per heavy atom. The van der Waals surface area contributed by atoms with Crippen molar-refractivity contribution >= 4 is 15.8 Å². The van der Waals surface area contributed by atoms with Crippen LogP contribution < -0.4 is 5.32 Å². The molecule has 0 radical (unpaired) electrons. The maximum Gasteiger partial charge on any atom is 0.245 e. The fourth-order valence-corrected chi connectivity index (χ4v) is 3.57. The number of nitrogens with zero attached hydrogens (tertiary/aromatic N) is 2. The van der Waals surface area contributed by atoms with Gasteiger partial charge < -0.3 is 10.1 Å². The monoisotopic (exact) mass is 285 g/mol. The standard InChI is InChI=1S/C12H19N3O3S/c1-3-13-12-5-4-11(8-14-12)19(16,17)15-6-7-18-9-10(15)2/h4-5,8,10H,3,6-7,9H2,1-2H3,(H,13,14). The lowest BCUT2D eigenvalue weighted by molar-refractivity contribution is 0.0392. The van der Waals surface area contributed by atoms with Gasteiger partial charge in [0.1, 0.15) is 10.7 Å². The topological polar surface area (TPSA) is 71.5 Å². The summed E-state index contributed by atoms with van der Waals surface area (Å²) in [5, 5.41) is 3.03. The number of hydrogen-bond donors (Lipinski definition) is 1. The van der Waals surface area contributed by atoms with Crippen LogP contribution in [-0.4, -0.2) is 50.1 Å². The molecule has 1 aromatic rings. The van der Waals surface area contributed by atoms with Crippen LogP contribution in [0.15, 0.2) is 23.2 Å². The predicted octanol–water partition coefficient (Wildman–Crippen LogP) is 0.923. The van der Waals surface area contributed by atoms with Crippen LogP contribution in [0.3, 0.4) is 0 Å². The minimum absolute atomic E-state index is 0.146. The van der Waals surface area contributed by atoms with Crippen molar-refractivity contribution in [1.29, 1.82) is 0 Å². The number of aromatic nitrogens is 1. The number of nitrogens with one attached hydrogen (secondary N) is 1. The number of hydrogen-bond acceptors (Lipinski definition) is 5. The second-order valence-electron chi connectivity index (χ2n) is 4.45. The van der Waals surface area contributed by atoms with Gasteiger partial charge in [-0.2, -0.15) is 4.31 Å². The lowest BCUT2D eigenvalue weighted by Crippen LogP contribution is -2.46. The summed E-state index contributed by atoms with van der Waals surface area (Å²) < 4.78 is 31.7. The van der Waals surface area contributed by atoms with E-state index in [4.69, 9.17) is 4.74 Å². The molecule has 6 nitrogen and oxygen atoms in total. The van der Waals surface area contributed by atoms with E-state index in [0.29, 0.717) is 25.6 Å². The number of pyridine rings is 1. The van der Waals surface area contributed by atoms with Gasteiger partial charge >= 0.3 is 0 Å². The molecule has 7 heteroatoms. The second-order valence-corrected chi connectivity index (χ2v) is 6.34. The molecular formula is C12H19N3O3S. The maximum atomic E-state index is 12.5. The fourth-order valence-electron chi connectivity index (χ4n) is 2.02. The normalized spacial score (nSPS) is 21.3. The van der Waals surface area contributed by atoms with Crippen LogP contribution in [0.1, 0.15) is 13.8 Å². The average Bonchev–Trinajstić information content (AvgIpc) is 2.40. The molecule has 106 valence electrons. The van der Waals surface area contributed by atoms with Gasteiger partial charge in [-0.25, -0.2) is 13.4 Å². The van der Waals surface area contributed by atoms with Gasteiger partial charge in [-0.05, 0) is 26.0 Å². The van der Waals surface area contributed by atoms with Crippen LogP contribution in [0.25, 0.3) is 0 Å². The van der Waals surface area contributed by atoms with Crippen LogP contribution in [-0.2, 0) is 14.8 Å². The summed E-state index contributed by atoms with van der Waals surface area (Å²) in [6.07, 6.45) is 1.40. The fraction of sp³-hybridized carbons (Fsp3) is 0.583. The highest BCUT2D eigenvalue weighted by Crippen LogP contribution is 2.20. The largest absolute Gasteiger partial charge is 0.378 e. The smallest absolute Gasteiger partial charge is 0.245 e. The van der Waals surface area contributed by atoms with E-state index in [-0.39, 0.29) is 10.9 Å². The number of anilines is 1. The third-order valence-corrected chi connectivity index (χ3v) is 5.00. The maximum absolute atomic E-state index is 12.5. The predicted molar refractivity (Wildman–Crippen MR) is 72.6 cm³/mol. The van der Waals surface area contributed by atoms with Gasteiger partial charge in [0.25, 0.3) is 0 Å². The van der Waals surface area contributed by atoms with Crippen molar-refractivity contribution in [3.05, 3.63) is 18.3 Å². The number of morpholine rings is 1. The Morgan fingerprint density at radius 3 is 2.89 bits per heavy atom. The average molecular weight is 285 g/mol. The van der Waals surface area contributed by atoms with E-state index in [2.05, 4.69) is 10.3 Å². The highest BCUT2D eigenvalue weighted by molar-refractivity contribution is 7.89. The molecule has 1 unspecified atom stereocenters. The Kier molecular flexibility index (Phi) is 4.38. The van der Waals surface area contributed by atoms with Gasteiger partial charge in [0, 0.05) is 25.3 Å². The SMILES string of the molecule is CCNc1ccc(S(=O)(=O)N2CCOCC2C)cn1. The van der Waals surface area contributed by atoms with Gasteiger partial charge in [-0.15, -0.1) is 0 Å². The number of rotatable bonds is 4. The highest BCUT2D eigenvalue weighted by atomic mass is 32.2. The molecule has 19 heavy (non-hydrogen) atoms. The molecule has 1 N–H and O–H groups in total. The van der Waals surface area contributed by atoms with E-state index >= 15 is 0 Å². The zero-order chi connectivity index (χ0) is 13.9. The van der Waals surface area contributed by atoms with Crippen LogP contribution in [0.5, 0.6) is 0 Å². The lowest BCUT2D eigenvalue weighted by Gasteiger charge is -2.32. The van der Waals surface area contributed by atoms with Crippen molar-refractivity contribution in [2.24, 2.45) is 0 Å². The quantitative estimate of drug-likeness (QED) is 0.891. The summed E-state index contributed by atoms with van der Waals surface area (Å²) in [5.41, 5.74) is 0. The molecule has 1 atom stereocenters. The van der Waals surface area contributed by atoms with Crippen LogP contribution in [0.2, 0.25) is 0 Å². The Labute approximate surface area is 113 Å². The van der Waals surface area contributed by atoms with Crippen molar-refractivity contribution in [2.75, 3.05) is 31.6 Å². The number of sulfonamides is 1. The lowest BCUT2D eigenvalue weighted by atomic mass is 10.3. The first-order valence-corrected chi connectivity index (χ1v) is 7.79. The van der Waals surface area contributed by atoms with Crippen molar-refractivity contribution in [2.45, 2.75) is 24.8 Å². The first-order chi connectivity index (χ1) is 9.05. The first-order valence-electron chi connectivity index (χ1n) is 6.35. The highest BCUT2D eigenvalue weighted by Gasteiger charge is 2.31. The third-order valence-electron chi connectivity index (χ3n) is 3.01. The first kappa shape index (κ1) is 14.2. The molecule has 2 heterocycles. The van der Waals surface area contributed by atoms with E-state index < -0.39 is 10.0 Å². The summed E-state index contributed by atoms with van der Waals surface area (Å²) in [6.45, 7) is 5.81. The Hall–Kier alpha value is -1.18. The molecule has 0 spiro atoms. The second kappa shape index (κ2) is 5.85. The van der Waals surface area contributed by atoms with Gasteiger partial charge in [-0.3, -0.25) is 0 Å². The molecule has 1 aliphatic heterocycles. The molecule has 0 amide bonds. The molecule has 1 fully saturated rings. The summed E-state index contributed by atoms with van der Waals surface area (Å²) in [7, 11) is -3.48. The van der Waals surface area contributed by atoms with Gasteiger partial charge in [-0.1, -0.05) is 0 Å². The van der Waals surface area contributed by atoms with Crippen LogP contribution in [0.4, 0.5) is 5.82 Å². The Balaban J connectivity index is 2.23. The van der Waals surface area contributed by atoms with E-state index in [0.717, 1.165) is 6.54 Å². The van der Waals surface area contributed by atoms with E-state index in [1.54, 1.807) is 12.1 Å². The zero-order valence-corrected chi connectivity index (χ0v) is 12.0. The summed E-state index contributed by atoms with van der Waals surface area (Å²) in [5.74, 6) is 0.677. The minimum Gasteiger partial charge on any atom is -0.378 e. The van der Waals surface area contributed by atoms with E-state index in [1.807, 2.05) is 13.8 Å². The molecule has 0 aromatic carbocycles. The molecule has 0 saturated carbocycles. The van der Waals surface area contributed by atoms with Crippen molar-refractivity contribution in [3.63, 3.8) is 0 Å². The summed E-state index contributed by atoms with van der Waals surface area (Å²) in [6, 6.07) is 3.12. The van der Waals surface area contributed by atoms with Gasteiger partial charge in [0.05, 0.1) is 13.2 Å². The van der Waals surface area contributed by atoms with Gasteiger partial charge in [0.15, 0.2) is 0 Å². The zero-order valence-electron chi connectivity index (χ0n) is 11.2. The molecule has 0 aliphatic carbocycles. The molecule has 0 bridgehead atoms. The minimum atomic E-state index is -3.48. The third kappa shape index (κ3) is 3.05. The molecule has 1 saturated heterocycles. The summed E-state index contributed by atoms with van der Waals surface area (Å²) >= 11 is 0. The van der Waals surface area contributed by atoms with Crippen molar-refractivity contribution in [1.82, 2.24) is 9.29 Å². The molecule has 1 aliphatic rings. The Morgan fingerprint density at radius 2 is 2.32 bits per heavy atom. The van der Waals surface area contributed by atoms with Crippen molar-refractivity contribution in [3.8, 4) is 0 Å². The van der Waals surface area contributed by atoms with Gasteiger partial charge in [0.2, 0.25) is 10.0 Å². The Bertz CT molecular complexity index is 516. The van der Waals surface area contributed by atoms with E-state index in [9.17, 15) is 8.42 Å². The van der Waals surface area contributed by atoms with Crippen LogP contribution >= 0.6 is 0 Å². The van der Waals surface area contributed by atoms with Crippen LogP contribution in [0, 0.1) is 0 Å². The van der Waals surface area contributed by atoms with Crippen molar-refractivity contribution < 1.29 is 13.2 Å². The van der Waals surface area contributed by atoms with E-state index in [1.165, 1.54) is 10.5 Å².